The van der Waals surface area contributed by atoms with Crippen LogP contribution in [0.3, 0.4) is 0 Å². The maximum absolute atomic E-state index is 11.3. The minimum atomic E-state index is -0.205. The van der Waals surface area contributed by atoms with Crippen molar-refractivity contribution in [1.82, 2.24) is 5.32 Å². The summed E-state index contributed by atoms with van der Waals surface area (Å²) in [4.78, 5) is 11.3. The minimum Gasteiger partial charge on any atom is -0.371 e. The van der Waals surface area contributed by atoms with Gasteiger partial charge in [-0.2, -0.15) is 0 Å². The molecule has 0 spiro atoms. The second kappa shape index (κ2) is 3.41. The van der Waals surface area contributed by atoms with Crippen molar-refractivity contribution in [3.05, 3.63) is 0 Å². The van der Waals surface area contributed by atoms with Crippen LogP contribution in [0.2, 0.25) is 0 Å². The average molecular weight is 171 g/mol. The Balaban J connectivity index is 1.67. The maximum Gasteiger partial charge on any atom is 0.249 e. The molecule has 0 radical (unpaired) electrons. The van der Waals surface area contributed by atoms with E-state index in [9.17, 15) is 4.79 Å². The lowest BCUT2D eigenvalue weighted by Crippen LogP contribution is -2.36. The van der Waals surface area contributed by atoms with Gasteiger partial charge in [-0.3, -0.25) is 4.79 Å². The fourth-order valence-electron chi connectivity index (χ4n) is 1.30. The smallest absolute Gasteiger partial charge is 0.249 e. The number of nitrogens with one attached hydrogen (secondary N) is 1. The van der Waals surface area contributed by atoms with Crippen molar-refractivity contribution >= 4 is 5.91 Å². The van der Waals surface area contributed by atoms with E-state index in [1.54, 1.807) is 0 Å². The van der Waals surface area contributed by atoms with E-state index in [1.165, 1.54) is 0 Å². The van der Waals surface area contributed by atoms with Crippen molar-refractivity contribution in [3.8, 4) is 0 Å². The summed E-state index contributed by atoms with van der Waals surface area (Å²) >= 11 is 0. The number of rotatable bonds is 3. The Morgan fingerprint density at radius 1 is 1.50 bits per heavy atom. The molecule has 0 aromatic rings. The van der Waals surface area contributed by atoms with Crippen molar-refractivity contribution < 1.29 is 14.3 Å². The van der Waals surface area contributed by atoms with Gasteiger partial charge in [0.1, 0.15) is 6.10 Å². The van der Waals surface area contributed by atoms with Crippen LogP contribution in [0.1, 0.15) is 12.8 Å². The third kappa shape index (κ3) is 1.95. The van der Waals surface area contributed by atoms with Crippen LogP contribution in [0.25, 0.3) is 0 Å². The molecule has 0 aliphatic carbocycles. The van der Waals surface area contributed by atoms with Crippen LogP contribution in [0, 0.1) is 0 Å². The fourth-order valence-corrected chi connectivity index (χ4v) is 1.30. The highest BCUT2D eigenvalue weighted by molar-refractivity contribution is 5.80. The minimum absolute atomic E-state index is 0.0167. The third-order valence-corrected chi connectivity index (χ3v) is 2.13. The first-order valence-corrected chi connectivity index (χ1v) is 4.37. The summed E-state index contributed by atoms with van der Waals surface area (Å²) < 4.78 is 10.2. The van der Waals surface area contributed by atoms with Crippen molar-refractivity contribution in [2.24, 2.45) is 0 Å². The molecule has 4 heteroatoms. The zero-order chi connectivity index (χ0) is 8.39. The van der Waals surface area contributed by atoms with Crippen LogP contribution in [-0.4, -0.2) is 37.9 Å². The number of carbonyl (C=O) groups is 1. The molecule has 0 aromatic heterocycles. The molecule has 2 aliphatic rings. The highest BCUT2D eigenvalue weighted by atomic mass is 16.6. The number of ether oxygens (including phenoxy) is 2. The third-order valence-electron chi connectivity index (χ3n) is 2.13. The first-order chi connectivity index (χ1) is 5.86. The molecule has 2 rings (SSSR count). The second-order valence-corrected chi connectivity index (χ2v) is 3.20. The van der Waals surface area contributed by atoms with Crippen molar-refractivity contribution in [3.63, 3.8) is 0 Å². The van der Waals surface area contributed by atoms with Gasteiger partial charge >= 0.3 is 0 Å². The number of amides is 1. The normalized spacial score (nSPS) is 33.3. The summed E-state index contributed by atoms with van der Waals surface area (Å²) in [6.07, 6.45) is 1.91. The highest BCUT2D eigenvalue weighted by Gasteiger charge is 2.27. The number of hydrogen-bond donors (Lipinski definition) is 1. The second-order valence-electron chi connectivity index (χ2n) is 3.20. The topological polar surface area (TPSA) is 50.9 Å². The highest BCUT2D eigenvalue weighted by Crippen LogP contribution is 2.12. The standard InChI is InChI=1S/C8H13NO3/c10-8(7-2-1-3-11-7)9-4-6-5-12-6/h6-7H,1-5H2,(H,9,10). The SMILES string of the molecule is O=C(NCC1CO1)C1CCCO1. The molecule has 12 heavy (non-hydrogen) atoms. The van der Waals surface area contributed by atoms with Crippen LogP contribution < -0.4 is 5.32 Å². The molecule has 0 saturated carbocycles. The molecule has 2 fully saturated rings. The number of epoxide rings is 1. The molecule has 4 nitrogen and oxygen atoms in total. The van der Waals surface area contributed by atoms with Gasteiger partial charge in [-0.15, -0.1) is 0 Å². The first-order valence-electron chi connectivity index (χ1n) is 4.37. The van der Waals surface area contributed by atoms with Gasteiger partial charge in [0.25, 0.3) is 0 Å². The molecule has 2 saturated heterocycles. The summed E-state index contributed by atoms with van der Waals surface area (Å²) in [7, 11) is 0. The Kier molecular flexibility index (Phi) is 2.28. The van der Waals surface area contributed by atoms with Crippen LogP contribution in [-0.2, 0) is 14.3 Å². The van der Waals surface area contributed by atoms with Gasteiger partial charge in [-0.25, -0.2) is 0 Å². The monoisotopic (exact) mass is 171 g/mol. The zero-order valence-corrected chi connectivity index (χ0v) is 6.91. The van der Waals surface area contributed by atoms with Crippen LogP contribution in [0.4, 0.5) is 0 Å². The van der Waals surface area contributed by atoms with Crippen molar-refractivity contribution in [1.29, 1.82) is 0 Å². The summed E-state index contributed by atoms with van der Waals surface area (Å²) in [5, 5.41) is 2.80. The largest absolute Gasteiger partial charge is 0.371 e. The quantitative estimate of drug-likeness (QED) is 0.592. The molecule has 0 bridgehead atoms. The van der Waals surface area contributed by atoms with E-state index < -0.39 is 0 Å². The Morgan fingerprint density at radius 3 is 2.92 bits per heavy atom. The Hall–Kier alpha value is -0.610. The van der Waals surface area contributed by atoms with Crippen LogP contribution >= 0.6 is 0 Å². The summed E-state index contributed by atoms with van der Waals surface area (Å²) in [6, 6.07) is 0. The molecule has 0 aromatic carbocycles. The van der Waals surface area contributed by atoms with Gasteiger partial charge in [0.2, 0.25) is 5.91 Å². The molecule has 68 valence electrons. The molecule has 2 atom stereocenters. The first kappa shape index (κ1) is 8.01. The lowest BCUT2D eigenvalue weighted by atomic mass is 10.2. The van der Waals surface area contributed by atoms with Gasteiger partial charge in [0, 0.05) is 13.2 Å². The van der Waals surface area contributed by atoms with Gasteiger partial charge in [0.15, 0.2) is 0 Å². The summed E-state index contributed by atoms with van der Waals surface area (Å²) in [5.41, 5.74) is 0. The van der Waals surface area contributed by atoms with Crippen LogP contribution in [0.5, 0.6) is 0 Å². The van der Waals surface area contributed by atoms with E-state index in [0.29, 0.717) is 6.54 Å². The Labute approximate surface area is 71.2 Å². The van der Waals surface area contributed by atoms with Gasteiger partial charge in [-0.05, 0) is 12.8 Å². The van der Waals surface area contributed by atoms with Crippen molar-refractivity contribution in [2.45, 2.75) is 25.0 Å². The molecule has 1 amide bonds. The van der Waals surface area contributed by atoms with E-state index in [-0.39, 0.29) is 18.1 Å². The van der Waals surface area contributed by atoms with Crippen LogP contribution in [0.15, 0.2) is 0 Å². The fraction of sp³-hybridized carbons (Fsp3) is 0.875. The predicted molar refractivity (Wildman–Crippen MR) is 41.7 cm³/mol. The molecule has 2 aliphatic heterocycles. The molecular formula is C8H13NO3. The lowest BCUT2D eigenvalue weighted by Gasteiger charge is -2.08. The van der Waals surface area contributed by atoms with Gasteiger partial charge in [0.05, 0.1) is 12.7 Å². The molecule has 1 N–H and O–H groups in total. The summed E-state index contributed by atoms with van der Waals surface area (Å²) in [6.45, 7) is 2.14. The predicted octanol–water partition coefficient (Wildman–Crippen LogP) is -0.320. The van der Waals surface area contributed by atoms with Gasteiger partial charge in [-0.1, -0.05) is 0 Å². The Morgan fingerprint density at radius 2 is 2.33 bits per heavy atom. The zero-order valence-electron chi connectivity index (χ0n) is 6.91. The average Bonchev–Trinajstić information content (AvgIpc) is 2.74. The van der Waals surface area contributed by atoms with E-state index in [2.05, 4.69) is 5.32 Å². The number of carbonyl (C=O) groups excluding carboxylic acids is 1. The number of hydrogen-bond acceptors (Lipinski definition) is 3. The Bertz CT molecular complexity index is 173. The van der Waals surface area contributed by atoms with Crippen molar-refractivity contribution in [2.75, 3.05) is 19.8 Å². The maximum atomic E-state index is 11.3. The van der Waals surface area contributed by atoms with E-state index >= 15 is 0 Å². The van der Waals surface area contributed by atoms with E-state index in [0.717, 1.165) is 26.1 Å². The van der Waals surface area contributed by atoms with Gasteiger partial charge < -0.3 is 14.8 Å². The lowest BCUT2D eigenvalue weighted by molar-refractivity contribution is -0.130. The van der Waals surface area contributed by atoms with E-state index in [1.807, 2.05) is 0 Å². The molecule has 2 heterocycles. The molecular weight excluding hydrogens is 158 g/mol. The molecule has 2 unspecified atom stereocenters. The van der Waals surface area contributed by atoms with E-state index in [4.69, 9.17) is 9.47 Å². The summed E-state index contributed by atoms with van der Waals surface area (Å²) in [5.74, 6) is 0.0167.